The minimum Gasteiger partial charge on any atom is -0.320 e. The Hall–Kier alpha value is -2.56. The molecule has 1 atom stereocenters. The van der Waals surface area contributed by atoms with Gasteiger partial charge < -0.3 is 4.90 Å². The van der Waals surface area contributed by atoms with E-state index in [0.29, 0.717) is 6.04 Å². The molecule has 2 saturated heterocycles. The standard InChI is InChI=1S/C17H17N3O2/c21-16-5-1-2-10-18(16)13-6-8-14(9-7-13)20-12-15-4-3-11-19(15)17(20)22/h1-2,5-10,15H,3-4,11-12H2. The molecule has 2 aromatic rings. The Balaban J connectivity index is 1.62. The lowest BCUT2D eigenvalue weighted by Crippen LogP contribution is -2.31. The number of carbonyl (C=O) groups is 1. The zero-order chi connectivity index (χ0) is 15.1. The van der Waals surface area contributed by atoms with Crippen molar-refractivity contribution < 1.29 is 4.79 Å². The number of urea groups is 1. The minimum absolute atomic E-state index is 0.0619. The maximum atomic E-state index is 12.4. The van der Waals surface area contributed by atoms with Gasteiger partial charge in [-0.3, -0.25) is 14.3 Å². The van der Waals surface area contributed by atoms with Gasteiger partial charge in [-0.25, -0.2) is 4.79 Å². The molecule has 0 bridgehead atoms. The van der Waals surface area contributed by atoms with Crippen LogP contribution in [0.25, 0.3) is 5.69 Å². The second-order valence-electron chi connectivity index (χ2n) is 5.81. The average molecular weight is 295 g/mol. The van der Waals surface area contributed by atoms with E-state index in [1.807, 2.05) is 40.1 Å². The number of aromatic nitrogens is 1. The molecule has 22 heavy (non-hydrogen) atoms. The summed E-state index contributed by atoms with van der Waals surface area (Å²) in [4.78, 5) is 28.0. The highest BCUT2D eigenvalue weighted by atomic mass is 16.2. The van der Waals surface area contributed by atoms with Crippen LogP contribution in [0.1, 0.15) is 12.8 Å². The number of hydrogen-bond acceptors (Lipinski definition) is 2. The van der Waals surface area contributed by atoms with Crippen molar-refractivity contribution in [3.05, 3.63) is 59.0 Å². The van der Waals surface area contributed by atoms with E-state index in [9.17, 15) is 9.59 Å². The Morgan fingerprint density at radius 2 is 1.73 bits per heavy atom. The number of benzene rings is 1. The van der Waals surface area contributed by atoms with Crippen molar-refractivity contribution >= 4 is 11.7 Å². The van der Waals surface area contributed by atoms with Gasteiger partial charge >= 0.3 is 6.03 Å². The molecular formula is C17H17N3O2. The number of pyridine rings is 1. The van der Waals surface area contributed by atoms with Gasteiger partial charge in [0.05, 0.1) is 6.04 Å². The van der Waals surface area contributed by atoms with Crippen molar-refractivity contribution in [2.24, 2.45) is 0 Å². The van der Waals surface area contributed by atoms with Gasteiger partial charge in [-0.15, -0.1) is 0 Å². The smallest absolute Gasteiger partial charge is 0.320 e. The van der Waals surface area contributed by atoms with E-state index in [0.717, 1.165) is 37.3 Å². The second kappa shape index (κ2) is 5.02. The van der Waals surface area contributed by atoms with Gasteiger partial charge in [0.2, 0.25) is 0 Å². The number of nitrogens with zero attached hydrogens (tertiary/aromatic N) is 3. The van der Waals surface area contributed by atoms with Crippen molar-refractivity contribution in [3.8, 4) is 5.69 Å². The summed E-state index contributed by atoms with van der Waals surface area (Å²) in [6.07, 6.45) is 3.95. The third-order valence-corrected chi connectivity index (χ3v) is 4.51. The number of hydrogen-bond donors (Lipinski definition) is 0. The molecule has 2 aliphatic rings. The van der Waals surface area contributed by atoms with E-state index < -0.39 is 0 Å². The molecule has 0 aliphatic carbocycles. The first-order chi connectivity index (χ1) is 10.7. The fourth-order valence-electron chi connectivity index (χ4n) is 3.37. The van der Waals surface area contributed by atoms with Crippen LogP contribution in [0.5, 0.6) is 0 Å². The van der Waals surface area contributed by atoms with Crippen molar-refractivity contribution in [2.45, 2.75) is 18.9 Å². The fraction of sp³-hybridized carbons (Fsp3) is 0.294. The number of anilines is 1. The molecular weight excluding hydrogens is 278 g/mol. The molecule has 2 amide bonds. The molecule has 2 fully saturated rings. The second-order valence-corrected chi connectivity index (χ2v) is 5.81. The first-order valence-electron chi connectivity index (χ1n) is 7.60. The lowest BCUT2D eigenvalue weighted by molar-refractivity contribution is 0.219. The topological polar surface area (TPSA) is 45.6 Å². The summed E-state index contributed by atoms with van der Waals surface area (Å²) >= 11 is 0. The highest BCUT2D eigenvalue weighted by Gasteiger charge is 2.40. The van der Waals surface area contributed by atoms with Gasteiger partial charge in [0.25, 0.3) is 5.56 Å². The normalized spacial score (nSPS) is 20.5. The minimum atomic E-state index is -0.0619. The van der Waals surface area contributed by atoms with E-state index in [1.165, 1.54) is 6.07 Å². The zero-order valence-corrected chi connectivity index (χ0v) is 12.2. The quantitative estimate of drug-likeness (QED) is 0.853. The molecule has 2 aliphatic heterocycles. The lowest BCUT2D eigenvalue weighted by Gasteiger charge is -2.17. The van der Waals surface area contributed by atoms with Gasteiger partial charge in [-0.2, -0.15) is 0 Å². The van der Waals surface area contributed by atoms with Crippen LogP contribution < -0.4 is 10.5 Å². The van der Waals surface area contributed by atoms with E-state index in [1.54, 1.807) is 16.8 Å². The largest absolute Gasteiger partial charge is 0.324 e. The van der Waals surface area contributed by atoms with Crippen LogP contribution in [-0.4, -0.2) is 34.6 Å². The fourth-order valence-corrected chi connectivity index (χ4v) is 3.37. The maximum Gasteiger partial charge on any atom is 0.324 e. The number of carbonyl (C=O) groups excluding carboxylic acids is 1. The molecule has 1 aromatic heterocycles. The highest BCUT2D eigenvalue weighted by molar-refractivity contribution is 5.95. The molecule has 5 nitrogen and oxygen atoms in total. The molecule has 0 N–H and O–H groups in total. The van der Waals surface area contributed by atoms with Crippen LogP contribution in [0.3, 0.4) is 0 Å². The molecule has 1 unspecified atom stereocenters. The summed E-state index contributed by atoms with van der Waals surface area (Å²) in [5.74, 6) is 0. The van der Waals surface area contributed by atoms with Crippen LogP contribution >= 0.6 is 0 Å². The number of rotatable bonds is 2. The molecule has 0 spiro atoms. The van der Waals surface area contributed by atoms with Gasteiger partial charge in [0.1, 0.15) is 0 Å². The molecule has 4 rings (SSSR count). The van der Waals surface area contributed by atoms with E-state index in [4.69, 9.17) is 0 Å². The predicted molar refractivity (Wildman–Crippen MR) is 84.5 cm³/mol. The molecule has 0 radical (unpaired) electrons. The highest BCUT2D eigenvalue weighted by Crippen LogP contribution is 2.30. The number of fused-ring (bicyclic) bond motifs is 1. The van der Waals surface area contributed by atoms with Gasteiger partial charge in [-0.1, -0.05) is 6.07 Å². The maximum absolute atomic E-state index is 12.4. The van der Waals surface area contributed by atoms with Crippen molar-refractivity contribution in [1.82, 2.24) is 9.47 Å². The van der Waals surface area contributed by atoms with Crippen LogP contribution in [0, 0.1) is 0 Å². The van der Waals surface area contributed by atoms with E-state index in [2.05, 4.69) is 0 Å². The lowest BCUT2D eigenvalue weighted by atomic mass is 10.2. The summed E-state index contributed by atoms with van der Waals surface area (Å²) in [6.45, 7) is 1.64. The van der Waals surface area contributed by atoms with E-state index in [-0.39, 0.29) is 11.6 Å². The third-order valence-electron chi connectivity index (χ3n) is 4.51. The Kier molecular flexibility index (Phi) is 2.99. The van der Waals surface area contributed by atoms with Crippen molar-refractivity contribution in [3.63, 3.8) is 0 Å². The Bertz CT molecular complexity index is 766. The summed E-state index contributed by atoms with van der Waals surface area (Å²) in [5.41, 5.74) is 1.64. The van der Waals surface area contributed by atoms with Crippen LogP contribution in [0.4, 0.5) is 10.5 Å². The van der Waals surface area contributed by atoms with Gasteiger partial charge in [0, 0.05) is 36.7 Å². The van der Waals surface area contributed by atoms with Crippen LogP contribution in [0.15, 0.2) is 53.5 Å². The summed E-state index contributed by atoms with van der Waals surface area (Å²) in [6, 6.07) is 13.1. The molecule has 112 valence electrons. The SMILES string of the molecule is O=C1N(c2ccc(-n3ccccc3=O)cc2)CC2CCCN12. The Labute approximate surface area is 128 Å². The van der Waals surface area contributed by atoms with Crippen molar-refractivity contribution in [2.75, 3.05) is 18.0 Å². The summed E-state index contributed by atoms with van der Waals surface area (Å²) in [5, 5.41) is 0. The van der Waals surface area contributed by atoms with Gasteiger partial charge in [0.15, 0.2) is 0 Å². The van der Waals surface area contributed by atoms with Crippen LogP contribution in [0.2, 0.25) is 0 Å². The Morgan fingerprint density at radius 1 is 0.955 bits per heavy atom. The average Bonchev–Trinajstić information content (AvgIpc) is 3.12. The molecule has 3 heterocycles. The summed E-state index contributed by atoms with van der Waals surface area (Å²) < 4.78 is 1.59. The van der Waals surface area contributed by atoms with Crippen LogP contribution in [-0.2, 0) is 0 Å². The molecule has 1 aromatic carbocycles. The predicted octanol–water partition coefficient (Wildman–Crippen LogP) is 2.24. The first-order valence-corrected chi connectivity index (χ1v) is 7.60. The zero-order valence-electron chi connectivity index (χ0n) is 12.2. The number of amides is 2. The molecule has 5 heteroatoms. The van der Waals surface area contributed by atoms with Crippen molar-refractivity contribution in [1.29, 1.82) is 0 Å². The first kappa shape index (κ1) is 13.1. The molecule has 0 saturated carbocycles. The summed E-state index contributed by atoms with van der Waals surface area (Å²) in [7, 11) is 0. The third kappa shape index (κ3) is 2.01. The monoisotopic (exact) mass is 295 g/mol. The van der Waals surface area contributed by atoms with E-state index >= 15 is 0 Å². The van der Waals surface area contributed by atoms with Gasteiger partial charge in [-0.05, 0) is 43.2 Å². The Morgan fingerprint density at radius 3 is 2.45 bits per heavy atom.